The molecule has 1 saturated heterocycles. The summed E-state index contributed by atoms with van der Waals surface area (Å²) < 4.78 is 9.90. The molecule has 1 fully saturated rings. The highest BCUT2D eigenvalue weighted by atomic mass is 32.1. The molecule has 8 nitrogen and oxygen atoms in total. The van der Waals surface area contributed by atoms with Gasteiger partial charge in [0, 0.05) is 56.5 Å². The van der Waals surface area contributed by atoms with E-state index in [0.717, 1.165) is 37.8 Å². The minimum atomic E-state index is -0.156. The molecule has 0 bridgehead atoms. The van der Waals surface area contributed by atoms with E-state index in [1.54, 1.807) is 0 Å². The summed E-state index contributed by atoms with van der Waals surface area (Å²) in [7, 11) is 4.21. The Hall–Kier alpha value is -2.49. The Bertz CT molecular complexity index is 1130. The van der Waals surface area contributed by atoms with Crippen molar-refractivity contribution in [2.75, 3.05) is 38.3 Å². The number of aromatic nitrogens is 4. The van der Waals surface area contributed by atoms with Crippen LogP contribution in [0.25, 0.3) is 10.6 Å². The Balaban J connectivity index is 1.56. The van der Waals surface area contributed by atoms with Gasteiger partial charge in [0.2, 0.25) is 0 Å². The fourth-order valence-corrected chi connectivity index (χ4v) is 5.65. The maximum Gasteiger partial charge on any atom is 0.180 e. The van der Waals surface area contributed by atoms with E-state index >= 15 is 0 Å². The van der Waals surface area contributed by atoms with Crippen LogP contribution in [0.2, 0.25) is 0 Å². The van der Waals surface area contributed by atoms with Crippen molar-refractivity contribution >= 4 is 22.6 Å². The Kier molecular flexibility index (Phi) is 5.65. The molecule has 0 radical (unpaired) electrons. The Labute approximate surface area is 193 Å². The summed E-state index contributed by atoms with van der Waals surface area (Å²) in [6, 6.07) is 2.76. The Morgan fingerprint density at radius 1 is 1.25 bits per heavy atom. The zero-order valence-corrected chi connectivity index (χ0v) is 20.2. The zero-order valence-electron chi connectivity index (χ0n) is 19.4. The molecule has 3 aromatic rings. The van der Waals surface area contributed by atoms with E-state index in [4.69, 9.17) is 14.8 Å². The number of hydrogen-bond acceptors (Lipinski definition) is 7. The van der Waals surface area contributed by atoms with Gasteiger partial charge in [0.1, 0.15) is 10.7 Å². The van der Waals surface area contributed by atoms with Gasteiger partial charge in [-0.25, -0.2) is 4.98 Å². The zero-order chi connectivity index (χ0) is 22.4. The number of anilines is 1. The summed E-state index contributed by atoms with van der Waals surface area (Å²) in [6.07, 6.45) is 7.77. The van der Waals surface area contributed by atoms with Crippen LogP contribution in [0.1, 0.15) is 43.0 Å². The van der Waals surface area contributed by atoms with E-state index in [-0.39, 0.29) is 6.17 Å². The summed E-state index contributed by atoms with van der Waals surface area (Å²) in [5.74, 6) is 0.947. The maximum atomic E-state index is 5.82. The van der Waals surface area contributed by atoms with Crippen molar-refractivity contribution in [3.05, 3.63) is 41.6 Å². The predicted octanol–water partition coefficient (Wildman–Crippen LogP) is 3.50. The van der Waals surface area contributed by atoms with Crippen LogP contribution >= 0.6 is 11.3 Å². The molecule has 2 atom stereocenters. The van der Waals surface area contributed by atoms with Crippen LogP contribution in [-0.4, -0.2) is 69.8 Å². The number of hydrogen-bond donors (Lipinski definition) is 0. The molecule has 9 heteroatoms. The van der Waals surface area contributed by atoms with Gasteiger partial charge >= 0.3 is 0 Å². The van der Waals surface area contributed by atoms with Crippen LogP contribution in [0, 0.1) is 6.92 Å². The normalized spacial score (nSPS) is 21.5. The number of morpholine rings is 1. The molecule has 0 spiro atoms. The highest BCUT2D eigenvalue weighted by Gasteiger charge is 2.35. The molecule has 0 amide bonds. The molecule has 3 aromatic heterocycles. The van der Waals surface area contributed by atoms with Crippen LogP contribution in [0.15, 0.2) is 29.6 Å². The largest absolute Gasteiger partial charge is 0.378 e. The van der Waals surface area contributed by atoms with Crippen molar-refractivity contribution in [1.82, 2.24) is 24.2 Å². The monoisotopic (exact) mass is 453 g/mol. The molecule has 170 valence electrons. The fourth-order valence-electron chi connectivity index (χ4n) is 4.38. The highest BCUT2D eigenvalue weighted by Crippen LogP contribution is 2.45. The number of nitrogens with zero attached hydrogens (tertiary/aromatic N) is 7. The molecular formula is C23H31N7OS. The topological polar surface area (TPSA) is 63.7 Å². The van der Waals surface area contributed by atoms with Crippen molar-refractivity contribution in [3.63, 3.8) is 0 Å². The first-order chi connectivity index (χ1) is 15.4. The molecule has 0 N–H and O–H groups in total. The first-order valence-electron chi connectivity index (χ1n) is 11.2. The molecule has 5 rings (SSSR count). The summed E-state index contributed by atoms with van der Waals surface area (Å²) in [6.45, 7) is 9.78. The molecule has 0 saturated carbocycles. The van der Waals surface area contributed by atoms with Gasteiger partial charge in [-0.15, -0.1) is 11.3 Å². The van der Waals surface area contributed by atoms with E-state index in [2.05, 4.69) is 59.4 Å². The van der Waals surface area contributed by atoms with Crippen molar-refractivity contribution in [2.24, 2.45) is 12.0 Å². The summed E-state index contributed by atoms with van der Waals surface area (Å²) in [5, 5.41) is 6.07. The molecular weight excluding hydrogens is 422 g/mol. The van der Waals surface area contributed by atoms with E-state index in [9.17, 15) is 0 Å². The maximum absolute atomic E-state index is 5.82. The second kappa shape index (κ2) is 8.46. The quantitative estimate of drug-likeness (QED) is 0.592. The first-order valence-corrected chi connectivity index (χ1v) is 12.0. The van der Waals surface area contributed by atoms with Crippen molar-refractivity contribution in [3.8, 4) is 10.6 Å². The molecule has 0 aliphatic carbocycles. The van der Waals surface area contributed by atoms with Gasteiger partial charge in [-0.05, 0) is 39.4 Å². The average Bonchev–Trinajstić information content (AvgIpc) is 3.49. The number of thiophene rings is 1. The standard InChI is InChI=1S/C23H31N7OS/c1-15(2)30-8-6-19(26-30)20-16(3)18-12-25-22(21-24-7-9-28(21)5)29(23(18)32-20)13-17-14-31-11-10-27(17)4/h6-9,12,15,17,22H,10-11,13-14H2,1-5H3. The van der Waals surface area contributed by atoms with Crippen LogP contribution in [0.4, 0.5) is 5.00 Å². The number of aliphatic imine (C=N–C) groups is 1. The number of likely N-dealkylation sites (N-methyl/N-ethyl adjacent to an activating group) is 1. The lowest BCUT2D eigenvalue weighted by molar-refractivity contribution is 0.00818. The first kappa shape index (κ1) is 21.4. The lowest BCUT2D eigenvalue weighted by Gasteiger charge is -2.39. The lowest BCUT2D eigenvalue weighted by Crippen LogP contribution is -2.50. The second-order valence-electron chi connectivity index (χ2n) is 8.96. The smallest absolute Gasteiger partial charge is 0.180 e. The fraction of sp³-hybridized carbons (Fsp3) is 0.522. The predicted molar refractivity (Wildman–Crippen MR) is 129 cm³/mol. The molecule has 2 unspecified atom stereocenters. The number of aryl methyl sites for hydroxylation is 1. The van der Waals surface area contributed by atoms with E-state index in [1.807, 2.05) is 41.7 Å². The van der Waals surface area contributed by atoms with Crippen molar-refractivity contribution < 1.29 is 4.74 Å². The van der Waals surface area contributed by atoms with Gasteiger partial charge in [0.15, 0.2) is 12.0 Å². The van der Waals surface area contributed by atoms with Gasteiger partial charge in [0.25, 0.3) is 0 Å². The molecule has 2 aliphatic heterocycles. The van der Waals surface area contributed by atoms with Gasteiger partial charge in [-0.3, -0.25) is 14.6 Å². The van der Waals surface area contributed by atoms with Crippen LogP contribution < -0.4 is 4.90 Å². The average molecular weight is 454 g/mol. The van der Waals surface area contributed by atoms with E-state index in [1.165, 1.54) is 21.0 Å². The summed E-state index contributed by atoms with van der Waals surface area (Å²) >= 11 is 1.81. The number of fused-ring (bicyclic) bond motifs is 1. The van der Waals surface area contributed by atoms with Crippen LogP contribution in [0.3, 0.4) is 0 Å². The van der Waals surface area contributed by atoms with Crippen molar-refractivity contribution in [2.45, 2.75) is 39.0 Å². The van der Waals surface area contributed by atoms with Crippen LogP contribution in [-0.2, 0) is 11.8 Å². The molecule has 2 aliphatic rings. The van der Waals surface area contributed by atoms with Gasteiger partial charge in [0.05, 0.1) is 24.1 Å². The molecule has 0 aromatic carbocycles. The molecule has 32 heavy (non-hydrogen) atoms. The van der Waals surface area contributed by atoms with Gasteiger partial charge in [-0.1, -0.05) is 0 Å². The third-order valence-corrected chi connectivity index (χ3v) is 7.83. The van der Waals surface area contributed by atoms with E-state index < -0.39 is 0 Å². The lowest BCUT2D eigenvalue weighted by atomic mass is 10.1. The minimum Gasteiger partial charge on any atom is -0.378 e. The van der Waals surface area contributed by atoms with Gasteiger partial charge < -0.3 is 14.2 Å². The van der Waals surface area contributed by atoms with Crippen LogP contribution in [0.5, 0.6) is 0 Å². The number of rotatable bonds is 5. The summed E-state index contributed by atoms with van der Waals surface area (Å²) in [5.41, 5.74) is 3.45. The number of imidazole rings is 1. The van der Waals surface area contributed by atoms with E-state index in [0.29, 0.717) is 12.1 Å². The third kappa shape index (κ3) is 3.68. The Morgan fingerprint density at radius 2 is 2.09 bits per heavy atom. The number of ether oxygens (including phenoxy) is 1. The minimum absolute atomic E-state index is 0.156. The van der Waals surface area contributed by atoms with Crippen molar-refractivity contribution in [1.29, 1.82) is 0 Å². The summed E-state index contributed by atoms with van der Waals surface area (Å²) in [4.78, 5) is 15.6. The third-order valence-electron chi connectivity index (χ3n) is 6.46. The highest BCUT2D eigenvalue weighted by molar-refractivity contribution is 7.20. The van der Waals surface area contributed by atoms with Gasteiger partial charge in [-0.2, -0.15) is 5.10 Å². The SMILES string of the molecule is Cc1c(-c2ccn(C(C)C)n2)sc2c1C=NC(c1nccn1C)N2CC1COCCN1C. The Morgan fingerprint density at radius 3 is 2.78 bits per heavy atom. The molecule has 5 heterocycles. The second-order valence-corrected chi connectivity index (χ2v) is 9.96.